The normalized spacial score (nSPS) is 9.71. The standard InChI is InChI=1S/C8H10N3O3P.2Na.HO3P.2H/c12-15(13,14)5-9-8-10-6-3-1-2-4-7(6)11-8;;;1-4(2)3;;/h1-4H,5H2,(H2,9,10,11)(H2,12,13,14);;;(H-,1,2,3);;/q;2*+1;;2*-1/p+1. The molecule has 108 valence electrons. The van der Waals surface area contributed by atoms with Crippen LogP contribution in [-0.4, -0.2) is 35.8 Å². The molecule has 0 saturated heterocycles. The Bertz CT molecular complexity index is 592. The molecule has 0 fully saturated rings. The van der Waals surface area contributed by atoms with E-state index < -0.39 is 22.1 Å². The summed E-state index contributed by atoms with van der Waals surface area (Å²) in [6, 6.07) is 7.35. The van der Waals surface area contributed by atoms with Crippen molar-refractivity contribution in [2.45, 2.75) is 0 Å². The Morgan fingerprint density at radius 1 is 1.29 bits per heavy atom. The molecule has 0 aliphatic carbocycles. The molecular formula is C8H14N3Na2O6P2+. The van der Waals surface area contributed by atoms with Gasteiger partial charge in [0.2, 0.25) is 5.95 Å². The van der Waals surface area contributed by atoms with Gasteiger partial charge in [0, 0.05) is 4.57 Å². The summed E-state index contributed by atoms with van der Waals surface area (Å²) in [7, 11) is -6.92. The minimum Gasteiger partial charge on any atom is -1.00 e. The molecule has 13 heteroatoms. The van der Waals surface area contributed by atoms with Gasteiger partial charge in [-0.2, -0.15) is 0 Å². The van der Waals surface area contributed by atoms with Gasteiger partial charge in [0.25, 0.3) is 0 Å². The maximum atomic E-state index is 10.6. The number of anilines is 1. The van der Waals surface area contributed by atoms with Crippen LogP contribution in [-0.2, 0) is 9.13 Å². The zero-order chi connectivity index (χ0) is 14.5. The van der Waals surface area contributed by atoms with Gasteiger partial charge in [0.15, 0.2) is 0 Å². The third-order valence-electron chi connectivity index (χ3n) is 1.84. The molecule has 0 radical (unpaired) electrons. The second-order valence-corrected chi connectivity index (χ2v) is 5.51. The van der Waals surface area contributed by atoms with Crippen molar-refractivity contribution < 1.29 is 90.7 Å². The molecule has 9 nitrogen and oxygen atoms in total. The number of hydrogen-bond donors (Lipinski definition) is 6. The van der Waals surface area contributed by atoms with E-state index in [-0.39, 0.29) is 62.0 Å². The van der Waals surface area contributed by atoms with Crippen LogP contribution in [0.15, 0.2) is 24.3 Å². The third-order valence-corrected chi connectivity index (χ3v) is 2.41. The number of para-hydroxylation sites is 2. The van der Waals surface area contributed by atoms with E-state index in [9.17, 15) is 4.57 Å². The largest absolute Gasteiger partial charge is 1.00 e. The summed E-state index contributed by atoms with van der Waals surface area (Å²) in [6.45, 7) is 0. The average molecular weight is 356 g/mol. The molecule has 0 unspecified atom stereocenters. The van der Waals surface area contributed by atoms with Crippen molar-refractivity contribution in [1.29, 1.82) is 0 Å². The molecular weight excluding hydrogens is 342 g/mol. The Kier molecular flexibility index (Phi) is 12.8. The van der Waals surface area contributed by atoms with E-state index >= 15 is 0 Å². The molecule has 6 N–H and O–H groups in total. The van der Waals surface area contributed by atoms with Crippen LogP contribution < -0.4 is 64.4 Å². The van der Waals surface area contributed by atoms with Crippen molar-refractivity contribution >= 4 is 32.8 Å². The monoisotopic (exact) mass is 356 g/mol. The predicted molar refractivity (Wildman–Crippen MR) is 70.9 cm³/mol. The van der Waals surface area contributed by atoms with Gasteiger partial charge in [-0.25, -0.2) is 4.98 Å². The first-order valence-electron chi connectivity index (χ1n) is 4.86. The summed E-state index contributed by atoms with van der Waals surface area (Å²) in [5.41, 5.74) is 1.58. The second kappa shape index (κ2) is 11.2. The van der Waals surface area contributed by atoms with E-state index in [0.717, 1.165) is 11.0 Å². The maximum absolute atomic E-state index is 10.6. The van der Waals surface area contributed by atoms with Crippen molar-refractivity contribution in [3.8, 4) is 0 Å². The third kappa shape index (κ3) is 10.9. The number of aromatic nitrogens is 2. The first kappa shape index (κ1) is 23.9. The summed E-state index contributed by atoms with van der Waals surface area (Å²) in [5, 5.41) is 2.54. The van der Waals surface area contributed by atoms with Gasteiger partial charge >= 0.3 is 75.0 Å². The van der Waals surface area contributed by atoms with Crippen LogP contribution in [0.4, 0.5) is 5.95 Å². The van der Waals surface area contributed by atoms with Gasteiger partial charge < -0.3 is 22.9 Å². The molecule has 2 rings (SSSR count). The molecule has 0 bridgehead atoms. The number of aromatic amines is 1. The zero-order valence-electron chi connectivity index (χ0n) is 13.5. The average Bonchev–Trinajstić information content (AvgIpc) is 2.67. The van der Waals surface area contributed by atoms with Crippen LogP contribution in [0.25, 0.3) is 11.0 Å². The second-order valence-electron chi connectivity index (χ2n) is 3.35. The van der Waals surface area contributed by atoms with Crippen molar-refractivity contribution in [3.05, 3.63) is 24.3 Å². The number of fused-ring (bicyclic) bond motifs is 1. The fourth-order valence-corrected chi connectivity index (χ4v) is 1.57. The van der Waals surface area contributed by atoms with Gasteiger partial charge in [-0.1, -0.05) is 12.1 Å². The minimum atomic E-state index is -4.05. The molecule has 1 aromatic carbocycles. The van der Waals surface area contributed by atoms with Gasteiger partial charge in [-0.3, -0.25) is 4.57 Å². The van der Waals surface area contributed by atoms with Crippen LogP contribution in [0, 0.1) is 0 Å². The molecule has 0 atom stereocenters. The topological polar surface area (TPSA) is 156 Å². The van der Waals surface area contributed by atoms with Crippen LogP contribution in [0.5, 0.6) is 0 Å². The van der Waals surface area contributed by atoms with Crippen LogP contribution in [0.1, 0.15) is 2.85 Å². The smallest absolute Gasteiger partial charge is 1.00 e. The predicted octanol–water partition coefficient (Wildman–Crippen LogP) is -5.03. The number of nitrogens with zero attached hydrogens (tertiary/aromatic N) is 1. The quantitative estimate of drug-likeness (QED) is 0.236. The fourth-order valence-electron chi connectivity index (χ4n) is 1.21. The van der Waals surface area contributed by atoms with Crippen LogP contribution in [0.3, 0.4) is 0 Å². The molecule has 0 aliphatic heterocycles. The van der Waals surface area contributed by atoms with Crippen molar-refractivity contribution in [1.82, 2.24) is 9.97 Å². The Balaban J connectivity index is -0.000000205. The summed E-state index contributed by atoms with van der Waals surface area (Å²) < 4.78 is 19.3. The number of imidazole rings is 1. The first-order valence-corrected chi connectivity index (χ1v) is 7.82. The molecule has 1 heterocycles. The van der Waals surface area contributed by atoms with Gasteiger partial charge in [-0.05, 0) is 12.1 Å². The number of hydrogen-bond acceptors (Lipinski definition) is 4. The molecule has 21 heavy (non-hydrogen) atoms. The Morgan fingerprint density at radius 2 is 1.81 bits per heavy atom. The van der Waals surface area contributed by atoms with Crippen LogP contribution in [0.2, 0.25) is 0 Å². The minimum absolute atomic E-state index is 0. The maximum Gasteiger partial charge on any atom is 1.00 e. The zero-order valence-corrected chi connectivity index (χ0v) is 17.3. The molecule has 0 saturated carbocycles. The van der Waals surface area contributed by atoms with Gasteiger partial charge in [0.1, 0.15) is 6.29 Å². The van der Waals surface area contributed by atoms with E-state index in [2.05, 4.69) is 15.3 Å². The molecule has 0 amide bonds. The number of rotatable bonds is 3. The molecule has 1 aromatic heterocycles. The Morgan fingerprint density at radius 3 is 2.29 bits per heavy atom. The summed E-state index contributed by atoms with van der Waals surface area (Å²) >= 11 is 0. The van der Waals surface area contributed by atoms with Crippen molar-refractivity contribution in [2.75, 3.05) is 11.6 Å². The number of nitrogens with one attached hydrogen (secondary N) is 2. The summed E-state index contributed by atoms with van der Waals surface area (Å²) in [5.74, 6) is 0.361. The van der Waals surface area contributed by atoms with Crippen molar-refractivity contribution in [2.24, 2.45) is 0 Å². The van der Waals surface area contributed by atoms with Gasteiger partial charge in [-0.15, -0.1) is 9.79 Å². The first-order chi connectivity index (χ1) is 8.78. The SMILES string of the molecule is O=P(O)(O)CNc1nc2ccccc2[nH]1.O=[P+](O)O.[H-].[H-].[Na+].[Na+]. The number of benzene rings is 1. The van der Waals surface area contributed by atoms with Crippen molar-refractivity contribution in [3.63, 3.8) is 0 Å². The van der Waals surface area contributed by atoms with Gasteiger partial charge in [0.05, 0.1) is 11.0 Å². The van der Waals surface area contributed by atoms with E-state index in [0.29, 0.717) is 5.95 Å². The Hall–Kier alpha value is 0.660. The van der Waals surface area contributed by atoms with E-state index in [1.165, 1.54) is 0 Å². The molecule has 0 aliphatic rings. The van der Waals surface area contributed by atoms with E-state index in [1.807, 2.05) is 24.3 Å². The summed E-state index contributed by atoms with van der Waals surface area (Å²) in [4.78, 5) is 38.6. The van der Waals surface area contributed by atoms with Crippen LogP contribution >= 0.6 is 15.9 Å². The summed E-state index contributed by atoms with van der Waals surface area (Å²) in [6.07, 6.45) is -0.424. The number of H-pyrrole nitrogens is 1. The Labute approximate surface area is 168 Å². The molecule has 0 spiro atoms. The van der Waals surface area contributed by atoms with E-state index in [4.69, 9.17) is 24.1 Å². The van der Waals surface area contributed by atoms with E-state index in [1.54, 1.807) is 0 Å². The fraction of sp³-hybridized carbons (Fsp3) is 0.125. The molecule has 2 aromatic rings.